The van der Waals surface area contributed by atoms with Crippen molar-refractivity contribution < 1.29 is 13.2 Å². The SMILES string of the molecule is CC.CC.CC.CNCc1ccc(-c2nc(C(F)(F)F)cn2C(C)C)nc1. The van der Waals surface area contributed by atoms with E-state index in [1.807, 2.05) is 54.7 Å². The number of hydrogen-bond acceptors (Lipinski definition) is 3. The van der Waals surface area contributed by atoms with Crippen LogP contribution < -0.4 is 5.32 Å². The van der Waals surface area contributed by atoms with E-state index in [1.165, 1.54) is 4.57 Å². The number of alkyl halides is 3. The van der Waals surface area contributed by atoms with Crippen LogP contribution in [0.15, 0.2) is 24.5 Å². The van der Waals surface area contributed by atoms with E-state index < -0.39 is 11.9 Å². The van der Waals surface area contributed by atoms with Gasteiger partial charge in [-0.1, -0.05) is 47.6 Å². The van der Waals surface area contributed by atoms with E-state index >= 15 is 0 Å². The van der Waals surface area contributed by atoms with Crippen LogP contribution in [-0.2, 0) is 12.7 Å². The van der Waals surface area contributed by atoms with Crippen LogP contribution in [0.2, 0.25) is 0 Å². The van der Waals surface area contributed by atoms with Crippen molar-refractivity contribution >= 4 is 0 Å². The lowest BCUT2D eigenvalue weighted by atomic mass is 10.2. The molecule has 2 aromatic rings. The smallest absolute Gasteiger partial charge is 0.327 e. The van der Waals surface area contributed by atoms with Gasteiger partial charge in [-0.2, -0.15) is 13.2 Å². The number of halogens is 3. The van der Waals surface area contributed by atoms with Gasteiger partial charge in [0.15, 0.2) is 11.5 Å². The highest BCUT2D eigenvalue weighted by atomic mass is 19.4. The highest BCUT2D eigenvalue weighted by Gasteiger charge is 2.35. The molecule has 0 bridgehead atoms. The molecule has 2 heterocycles. The Kier molecular flexibility index (Phi) is 14.4. The van der Waals surface area contributed by atoms with E-state index in [2.05, 4.69) is 15.3 Å². The van der Waals surface area contributed by atoms with Gasteiger partial charge >= 0.3 is 6.18 Å². The van der Waals surface area contributed by atoms with E-state index in [-0.39, 0.29) is 11.9 Å². The van der Waals surface area contributed by atoms with Crippen molar-refractivity contribution in [1.29, 1.82) is 0 Å². The van der Waals surface area contributed by atoms with Gasteiger partial charge in [0, 0.05) is 25.0 Å². The topological polar surface area (TPSA) is 42.7 Å². The van der Waals surface area contributed by atoms with Crippen molar-refractivity contribution in [1.82, 2.24) is 19.9 Å². The first-order valence-electron chi connectivity index (χ1n) is 9.59. The van der Waals surface area contributed by atoms with Gasteiger partial charge < -0.3 is 9.88 Å². The van der Waals surface area contributed by atoms with Gasteiger partial charge in [0.2, 0.25) is 0 Å². The Morgan fingerprint density at radius 1 is 1.04 bits per heavy atom. The number of imidazole rings is 1. The fraction of sp³-hybridized carbons (Fsp3) is 0.600. The molecule has 0 aliphatic heterocycles. The van der Waals surface area contributed by atoms with Crippen LogP contribution in [0.25, 0.3) is 11.5 Å². The number of aromatic nitrogens is 3. The summed E-state index contributed by atoms with van der Waals surface area (Å²) in [5, 5.41) is 2.99. The molecule has 0 radical (unpaired) electrons. The third-order valence-corrected chi connectivity index (χ3v) is 3.01. The maximum absolute atomic E-state index is 12.8. The van der Waals surface area contributed by atoms with Gasteiger partial charge in [-0.15, -0.1) is 0 Å². The molecule has 0 amide bonds. The standard InChI is InChI=1S/C14H17F3N4.3C2H6/c1-9(2)21-8-12(14(15,16)17)20-13(21)11-5-4-10(6-18-3)7-19-11;3*1-2/h4-5,7-9,18H,6H2,1-3H3;3*1-2H3. The molecule has 0 spiro atoms. The van der Waals surface area contributed by atoms with E-state index in [0.29, 0.717) is 12.2 Å². The van der Waals surface area contributed by atoms with Gasteiger partial charge in [0.25, 0.3) is 0 Å². The molecule has 2 rings (SSSR count). The lowest BCUT2D eigenvalue weighted by molar-refractivity contribution is -0.140. The zero-order valence-corrected chi connectivity index (χ0v) is 18.1. The third-order valence-electron chi connectivity index (χ3n) is 3.01. The summed E-state index contributed by atoms with van der Waals surface area (Å²) in [4.78, 5) is 7.92. The Hall–Kier alpha value is -1.89. The molecule has 0 atom stereocenters. The number of rotatable bonds is 4. The second-order valence-electron chi connectivity index (χ2n) is 5.03. The summed E-state index contributed by atoms with van der Waals surface area (Å²) in [5.74, 6) is 0.230. The minimum Gasteiger partial charge on any atom is -0.327 e. The molecular formula is C20H35F3N4. The Bertz CT molecular complexity index is 603. The summed E-state index contributed by atoms with van der Waals surface area (Å²) in [7, 11) is 1.81. The molecule has 2 aromatic heterocycles. The van der Waals surface area contributed by atoms with Crippen molar-refractivity contribution in [2.75, 3.05) is 7.05 Å². The maximum atomic E-state index is 12.8. The summed E-state index contributed by atoms with van der Waals surface area (Å²) < 4.78 is 40.0. The molecule has 0 saturated carbocycles. The van der Waals surface area contributed by atoms with Crippen LogP contribution in [-0.4, -0.2) is 21.6 Å². The molecule has 156 valence electrons. The Morgan fingerprint density at radius 2 is 1.59 bits per heavy atom. The maximum Gasteiger partial charge on any atom is 0.434 e. The van der Waals surface area contributed by atoms with Crippen molar-refractivity contribution in [2.45, 2.75) is 74.2 Å². The minimum atomic E-state index is -4.46. The van der Waals surface area contributed by atoms with Crippen molar-refractivity contribution in [3.05, 3.63) is 35.8 Å². The van der Waals surface area contributed by atoms with Crippen LogP contribution in [0.5, 0.6) is 0 Å². The van der Waals surface area contributed by atoms with Crippen LogP contribution in [0, 0.1) is 0 Å². The predicted molar refractivity (Wildman–Crippen MR) is 108 cm³/mol. The fourth-order valence-corrected chi connectivity index (χ4v) is 1.98. The van der Waals surface area contributed by atoms with Gasteiger partial charge in [0.1, 0.15) is 5.69 Å². The average Bonchev–Trinajstić information content (AvgIpc) is 3.14. The number of nitrogens with one attached hydrogen (secondary N) is 1. The monoisotopic (exact) mass is 388 g/mol. The van der Waals surface area contributed by atoms with Crippen molar-refractivity contribution in [3.63, 3.8) is 0 Å². The molecule has 1 N–H and O–H groups in total. The van der Waals surface area contributed by atoms with Gasteiger partial charge in [-0.3, -0.25) is 4.98 Å². The van der Waals surface area contributed by atoms with Crippen LogP contribution in [0.4, 0.5) is 13.2 Å². The highest BCUT2D eigenvalue weighted by molar-refractivity contribution is 5.51. The summed E-state index contributed by atoms with van der Waals surface area (Å²) in [6, 6.07) is 3.38. The Labute approximate surface area is 162 Å². The van der Waals surface area contributed by atoms with Crippen LogP contribution in [0.1, 0.15) is 72.7 Å². The first-order chi connectivity index (χ1) is 12.8. The van der Waals surface area contributed by atoms with Crippen molar-refractivity contribution in [3.8, 4) is 11.5 Å². The second kappa shape index (κ2) is 14.2. The predicted octanol–water partition coefficient (Wildman–Crippen LogP) is 6.34. The minimum absolute atomic E-state index is 0.137. The summed E-state index contributed by atoms with van der Waals surface area (Å²) in [5.41, 5.74) is 0.492. The molecule has 0 aromatic carbocycles. The molecule has 0 unspecified atom stereocenters. The normalized spacial score (nSPS) is 10.1. The molecule has 0 aliphatic carbocycles. The molecule has 7 heteroatoms. The molecule has 0 fully saturated rings. The number of nitrogens with zero attached hydrogens (tertiary/aromatic N) is 3. The number of hydrogen-bond donors (Lipinski definition) is 1. The molecule has 0 aliphatic rings. The molecule has 27 heavy (non-hydrogen) atoms. The van der Waals surface area contributed by atoms with Crippen LogP contribution in [0.3, 0.4) is 0 Å². The van der Waals surface area contributed by atoms with Crippen LogP contribution >= 0.6 is 0 Å². The lowest BCUT2D eigenvalue weighted by Crippen LogP contribution is -2.06. The summed E-state index contributed by atoms with van der Waals surface area (Å²) in [6.45, 7) is 16.3. The van der Waals surface area contributed by atoms with E-state index in [9.17, 15) is 13.2 Å². The van der Waals surface area contributed by atoms with Crippen molar-refractivity contribution in [2.24, 2.45) is 0 Å². The largest absolute Gasteiger partial charge is 0.434 e. The van der Waals surface area contributed by atoms with Gasteiger partial charge in [0.05, 0.1) is 0 Å². The fourth-order valence-electron chi connectivity index (χ4n) is 1.98. The lowest BCUT2D eigenvalue weighted by Gasteiger charge is -2.11. The quantitative estimate of drug-likeness (QED) is 0.664. The molecule has 0 saturated heterocycles. The first-order valence-corrected chi connectivity index (χ1v) is 9.59. The Balaban J connectivity index is 0. The first kappa shape index (κ1) is 27.3. The highest BCUT2D eigenvalue weighted by Crippen LogP contribution is 2.31. The summed E-state index contributed by atoms with van der Waals surface area (Å²) >= 11 is 0. The van der Waals surface area contributed by atoms with E-state index in [1.54, 1.807) is 26.1 Å². The van der Waals surface area contributed by atoms with Gasteiger partial charge in [-0.05, 0) is 32.5 Å². The van der Waals surface area contributed by atoms with E-state index in [0.717, 1.165) is 11.8 Å². The third kappa shape index (κ3) is 8.56. The van der Waals surface area contributed by atoms with E-state index in [4.69, 9.17) is 0 Å². The zero-order valence-electron chi connectivity index (χ0n) is 18.1. The Morgan fingerprint density at radius 3 is 1.96 bits per heavy atom. The number of pyridine rings is 1. The summed E-state index contributed by atoms with van der Waals surface area (Å²) in [6.07, 6.45) is -1.79. The zero-order chi connectivity index (χ0) is 21.6. The molecular weight excluding hydrogens is 353 g/mol. The molecule has 4 nitrogen and oxygen atoms in total. The van der Waals surface area contributed by atoms with Gasteiger partial charge in [-0.25, -0.2) is 4.98 Å². The second-order valence-corrected chi connectivity index (χ2v) is 5.03. The average molecular weight is 389 g/mol.